The molecule has 0 radical (unpaired) electrons. The van der Waals surface area contributed by atoms with Gasteiger partial charge in [-0.3, -0.25) is 24.0 Å². The minimum atomic E-state index is -1.30. The van der Waals surface area contributed by atoms with Crippen LogP contribution in [0.4, 0.5) is 25.0 Å². The monoisotopic (exact) mass is 547 g/mol. The minimum Gasteiger partial charge on any atom is -0.471 e. The molecule has 3 amide bonds. The normalized spacial score (nSPS) is 13.0. The number of urea groups is 1. The van der Waals surface area contributed by atoms with Crippen LogP contribution in [0.2, 0.25) is 5.02 Å². The fourth-order valence-electron chi connectivity index (χ4n) is 4.02. The number of carbonyl (C=O) groups excluding carboxylic acids is 2. The number of amides is 3. The van der Waals surface area contributed by atoms with Crippen molar-refractivity contribution in [1.82, 2.24) is 9.55 Å². The van der Waals surface area contributed by atoms with Crippen molar-refractivity contribution in [1.29, 1.82) is 0 Å². The first-order chi connectivity index (χ1) is 17.8. The number of halogens is 3. The number of nitrogens with zero attached hydrogens (tertiary/aromatic N) is 4. The topological polar surface area (TPSA) is 131 Å². The van der Waals surface area contributed by atoms with Crippen molar-refractivity contribution in [2.45, 2.75) is 39.4 Å². The molecule has 3 aromatic rings. The van der Waals surface area contributed by atoms with E-state index in [0.717, 1.165) is 6.07 Å². The second-order valence-electron chi connectivity index (χ2n) is 9.33. The number of ether oxygens (including phenoxy) is 1. The van der Waals surface area contributed by atoms with E-state index >= 15 is 0 Å². The van der Waals surface area contributed by atoms with Gasteiger partial charge in [0, 0.05) is 11.6 Å². The van der Waals surface area contributed by atoms with Gasteiger partial charge in [0.05, 0.1) is 29.1 Å². The summed E-state index contributed by atoms with van der Waals surface area (Å²) in [5.74, 6) is -2.10. The van der Waals surface area contributed by atoms with Gasteiger partial charge in [-0.2, -0.15) is 4.98 Å². The number of hydrogen-bond donors (Lipinski definition) is 2. The fourth-order valence-corrected chi connectivity index (χ4v) is 4.20. The number of nitrogens with two attached hydrogens (primary N) is 1. The third kappa shape index (κ3) is 5.31. The maximum atomic E-state index is 14.0. The smallest absolute Gasteiger partial charge is 0.320 e. The van der Waals surface area contributed by atoms with Crippen molar-refractivity contribution in [2.75, 3.05) is 16.5 Å². The second-order valence-corrected chi connectivity index (χ2v) is 9.71. The molecule has 38 heavy (non-hydrogen) atoms. The Labute approximate surface area is 220 Å². The molecule has 0 atom stereocenters. The van der Waals surface area contributed by atoms with Gasteiger partial charge in [-0.1, -0.05) is 11.6 Å². The molecule has 1 aromatic heterocycles. The van der Waals surface area contributed by atoms with E-state index in [-0.39, 0.29) is 47.7 Å². The van der Waals surface area contributed by atoms with Gasteiger partial charge in [0.15, 0.2) is 5.02 Å². The summed E-state index contributed by atoms with van der Waals surface area (Å²) in [6.07, 6.45) is -0.226. The average molecular weight is 548 g/mol. The Bertz CT molecular complexity index is 1500. The van der Waals surface area contributed by atoms with Gasteiger partial charge >= 0.3 is 6.03 Å². The Balaban J connectivity index is 1.70. The maximum Gasteiger partial charge on any atom is 0.320 e. The van der Waals surface area contributed by atoms with Gasteiger partial charge < -0.3 is 15.6 Å². The summed E-state index contributed by atoms with van der Waals surface area (Å²) in [5.41, 5.74) is 4.45. The Morgan fingerprint density at radius 2 is 1.87 bits per heavy atom. The van der Waals surface area contributed by atoms with Crippen LogP contribution in [-0.2, 0) is 11.4 Å². The maximum absolute atomic E-state index is 14.0. The molecular weight excluding hydrogens is 524 g/mol. The molecule has 10 nitrogen and oxygen atoms in total. The second kappa shape index (κ2) is 10.0. The van der Waals surface area contributed by atoms with Gasteiger partial charge in [-0.25, -0.2) is 13.6 Å². The zero-order valence-corrected chi connectivity index (χ0v) is 21.4. The molecule has 3 N–H and O–H groups in total. The van der Waals surface area contributed by atoms with Crippen molar-refractivity contribution in [2.24, 2.45) is 5.73 Å². The SMILES string of the molecule is Cc1nc(OCc2ccc(F)cc2F)c(Cl)c(=O)n1-c1ccc2c(c1)N(C(=O)CC(C)(C)O)CN2C(N)=O. The standard InChI is InChI=1S/C25H24ClF2N5O5/c1-13-30-22(38-11-14-4-5-15(27)8-17(14)28)21(26)23(35)33(13)16-6-7-18-19(9-16)31(12-32(18)24(29)36)20(34)10-25(2,3)37/h4-9,37H,10-12H2,1-3H3,(H2,29,36). The van der Waals surface area contributed by atoms with Crippen molar-refractivity contribution < 1.29 is 28.2 Å². The van der Waals surface area contributed by atoms with E-state index in [1.165, 1.54) is 59.4 Å². The van der Waals surface area contributed by atoms with Gasteiger partial charge in [-0.15, -0.1) is 0 Å². The highest BCUT2D eigenvalue weighted by atomic mass is 35.5. The number of primary amides is 1. The summed E-state index contributed by atoms with van der Waals surface area (Å²) in [4.78, 5) is 44.8. The van der Waals surface area contributed by atoms with Crippen LogP contribution in [0.15, 0.2) is 41.2 Å². The number of hydrogen-bond acceptors (Lipinski definition) is 6. The molecule has 1 aliphatic heterocycles. The lowest BCUT2D eigenvalue weighted by molar-refractivity contribution is -0.122. The summed E-state index contributed by atoms with van der Waals surface area (Å²) in [6.45, 7) is 3.97. The number of anilines is 2. The molecule has 4 rings (SSSR count). The van der Waals surface area contributed by atoms with Gasteiger partial charge in [0.2, 0.25) is 11.8 Å². The summed E-state index contributed by atoms with van der Waals surface area (Å²) < 4.78 is 33.7. The Kier molecular flexibility index (Phi) is 7.13. The van der Waals surface area contributed by atoms with E-state index in [0.29, 0.717) is 17.4 Å². The van der Waals surface area contributed by atoms with Crippen molar-refractivity contribution >= 4 is 34.9 Å². The molecule has 0 bridgehead atoms. The lowest BCUT2D eigenvalue weighted by Crippen LogP contribution is -2.42. The van der Waals surface area contributed by atoms with Crippen LogP contribution < -0.4 is 25.8 Å². The van der Waals surface area contributed by atoms with Gasteiger partial charge in [-0.05, 0) is 51.1 Å². The van der Waals surface area contributed by atoms with Gasteiger partial charge in [0.1, 0.15) is 30.7 Å². The fraction of sp³-hybridized carbons (Fsp3) is 0.280. The van der Waals surface area contributed by atoms with E-state index in [1.54, 1.807) is 0 Å². The van der Waals surface area contributed by atoms with Crippen molar-refractivity contribution in [3.63, 3.8) is 0 Å². The molecule has 0 saturated carbocycles. The molecule has 2 heterocycles. The third-order valence-electron chi connectivity index (χ3n) is 5.78. The first-order valence-corrected chi connectivity index (χ1v) is 11.7. The molecule has 0 fully saturated rings. The summed E-state index contributed by atoms with van der Waals surface area (Å²) >= 11 is 6.25. The summed E-state index contributed by atoms with van der Waals surface area (Å²) in [5, 5.41) is 9.72. The molecule has 0 saturated heterocycles. The van der Waals surface area contributed by atoms with Crippen LogP contribution in [0.1, 0.15) is 31.7 Å². The molecule has 13 heteroatoms. The van der Waals surface area contributed by atoms with E-state index in [4.69, 9.17) is 22.1 Å². The average Bonchev–Trinajstić information content (AvgIpc) is 3.20. The largest absolute Gasteiger partial charge is 0.471 e. The highest BCUT2D eigenvalue weighted by Crippen LogP contribution is 2.38. The van der Waals surface area contributed by atoms with E-state index < -0.39 is 34.7 Å². The molecule has 0 unspecified atom stereocenters. The molecule has 0 spiro atoms. The number of carbonyl (C=O) groups is 2. The number of benzene rings is 2. The highest BCUT2D eigenvalue weighted by molar-refractivity contribution is 6.31. The van der Waals surface area contributed by atoms with Crippen LogP contribution in [0.25, 0.3) is 5.69 Å². The summed E-state index contributed by atoms with van der Waals surface area (Å²) in [7, 11) is 0. The Hall–Kier alpha value is -4.03. The number of aromatic nitrogens is 2. The summed E-state index contributed by atoms with van der Waals surface area (Å²) in [6, 6.07) is 6.75. The predicted octanol–water partition coefficient (Wildman–Crippen LogP) is 3.40. The first kappa shape index (κ1) is 27.0. The number of aliphatic hydroxyl groups is 1. The lowest BCUT2D eigenvalue weighted by Gasteiger charge is -2.23. The van der Waals surface area contributed by atoms with Crippen LogP contribution in [0, 0.1) is 18.6 Å². The van der Waals surface area contributed by atoms with E-state index in [9.17, 15) is 28.3 Å². The molecular formula is C25H24ClF2N5O5. The number of rotatable bonds is 6. The molecule has 1 aliphatic rings. The number of aryl methyl sites for hydroxylation is 1. The Morgan fingerprint density at radius 3 is 2.50 bits per heavy atom. The lowest BCUT2D eigenvalue weighted by atomic mass is 10.0. The van der Waals surface area contributed by atoms with E-state index in [2.05, 4.69) is 4.98 Å². The van der Waals surface area contributed by atoms with Crippen LogP contribution in [-0.4, -0.2) is 38.9 Å². The van der Waals surface area contributed by atoms with Crippen LogP contribution in [0.3, 0.4) is 0 Å². The first-order valence-electron chi connectivity index (χ1n) is 11.4. The highest BCUT2D eigenvalue weighted by Gasteiger charge is 2.35. The van der Waals surface area contributed by atoms with Crippen molar-refractivity contribution in [3.8, 4) is 11.6 Å². The molecule has 0 aliphatic carbocycles. The van der Waals surface area contributed by atoms with Crippen LogP contribution in [0.5, 0.6) is 5.88 Å². The predicted molar refractivity (Wildman–Crippen MR) is 136 cm³/mol. The zero-order valence-electron chi connectivity index (χ0n) is 20.7. The Morgan fingerprint density at radius 1 is 1.16 bits per heavy atom. The zero-order chi connectivity index (χ0) is 27.9. The molecule has 2 aromatic carbocycles. The molecule has 200 valence electrons. The van der Waals surface area contributed by atoms with Gasteiger partial charge in [0.25, 0.3) is 5.56 Å². The number of fused-ring (bicyclic) bond motifs is 1. The third-order valence-corrected chi connectivity index (χ3v) is 6.10. The van der Waals surface area contributed by atoms with Crippen molar-refractivity contribution in [3.05, 3.63) is 74.8 Å². The van der Waals surface area contributed by atoms with E-state index in [1.807, 2.05) is 0 Å². The quantitative estimate of drug-likeness (QED) is 0.486. The van der Waals surface area contributed by atoms with Crippen LogP contribution >= 0.6 is 11.6 Å². The minimum absolute atomic E-state index is 0.0412.